The molecular formula is C52H37N7. The molecule has 0 saturated heterocycles. The predicted molar refractivity (Wildman–Crippen MR) is 240 cm³/mol. The molecule has 4 heterocycles. The van der Waals surface area contributed by atoms with Gasteiger partial charge < -0.3 is 5.73 Å². The predicted octanol–water partition coefficient (Wildman–Crippen LogP) is 11.7. The number of rotatable bonds is 7. The monoisotopic (exact) mass is 759 g/mol. The van der Waals surface area contributed by atoms with E-state index < -0.39 is 0 Å². The van der Waals surface area contributed by atoms with Crippen molar-refractivity contribution in [2.24, 2.45) is 5.73 Å². The third-order valence-electron chi connectivity index (χ3n) is 10.6. The zero-order valence-electron chi connectivity index (χ0n) is 32.1. The molecule has 1 aliphatic carbocycles. The van der Waals surface area contributed by atoms with Crippen molar-refractivity contribution in [3.8, 4) is 67.8 Å². The van der Waals surface area contributed by atoms with Crippen LogP contribution in [0.25, 0.3) is 95.7 Å². The first-order valence-corrected chi connectivity index (χ1v) is 19.7. The van der Waals surface area contributed by atoms with E-state index in [1.165, 1.54) is 5.57 Å². The summed E-state index contributed by atoms with van der Waals surface area (Å²) in [4.78, 5) is 30.4. The summed E-state index contributed by atoms with van der Waals surface area (Å²) in [5, 5.41) is 2.12. The van der Waals surface area contributed by atoms with Gasteiger partial charge in [-0.25, -0.2) is 19.9 Å². The fraction of sp³-hybridized carbons (Fsp3) is 0.0385. The molecule has 9 aromatic rings. The average Bonchev–Trinajstić information content (AvgIpc) is 3.52. The van der Waals surface area contributed by atoms with E-state index in [0.29, 0.717) is 17.5 Å². The Hall–Kier alpha value is -7.90. The quantitative estimate of drug-likeness (QED) is 0.161. The van der Waals surface area contributed by atoms with Gasteiger partial charge in [0.05, 0.1) is 28.1 Å². The molecule has 0 unspecified atom stereocenters. The highest BCUT2D eigenvalue weighted by Crippen LogP contribution is 2.36. The number of hydrogen-bond donors (Lipinski definition) is 1. The minimum atomic E-state index is 0.573. The van der Waals surface area contributed by atoms with E-state index in [0.717, 1.165) is 96.2 Å². The van der Waals surface area contributed by atoms with Crippen molar-refractivity contribution in [2.75, 3.05) is 0 Å². The Morgan fingerprint density at radius 1 is 0.475 bits per heavy atom. The topological polar surface area (TPSA) is 103 Å². The molecule has 7 heteroatoms. The molecule has 59 heavy (non-hydrogen) atoms. The number of nitrogens with zero attached hydrogens (tertiary/aromatic N) is 6. The molecule has 0 fully saturated rings. The maximum Gasteiger partial charge on any atom is 0.164 e. The van der Waals surface area contributed by atoms with Crippen molar-refractivity contribution in [1.29, 1.82) is 0 Å². The molecule has 1 aliphatic rings. The summed E-state index contributed by atoms with van der Waals surface area (Å²) >= 11 is 0. The van der Waals surface area contributed by atoms with Crippen molar-refractivity contribution in [2.45, 2.75) is 12.8 Å². The first-order valence-electron chi connectivity index (χ1n) is 19.7. The van der Waals surface area contributed by atoms with Gasteiger partial charge in [-0.05, 0) is 77.9 Å². The Kier molecular flexibility index (Phi) is 9.37. The number of pyridine rings is 3. The van der Waals surface area contributed by atoms with E-state index in [1.54, 1.807) is 6.20 Å². The van der Waals surface area contributed by atoms with Gasteiger partial charge in [-0.1, -0.05) is 133 Å². The van der Waals surface area contributed by atoms with Crippen LogP contribution in [0.5, 0.6) is 0 Å². The third-order valence-corrected chi connectivity index (χ3v) is 10.6. The number of nitrogens with two attached hydrogens (primary N) is 1. The minimum absolute atomic E-state index is 0.573. The van der Waals surface area contributed by atoms with Gasteiger partial charge in [0.2, 0.25) is 0 Å². The summed E-state index contributed by atoms with van der Waals surface area (Å²) in [5.74, 6) is 1.78. The Morgan fingerprint density at radius 3 is 1.85 bits per heavy atom. The Labute approximate surface area is 342 Å². The molecular weight excluding hydrogens is 723 g/mol. The molecule has 280 valence electrons. The largest absolute Gasteiger partial charge is 0.405 e. The van der Waals surface area contributed by atoms with E-state index in [4.69, 9.17) is 30.7 Å². The molecule has 5 aromatic carbocycles. The van der Waals surface area contributed by atoms with E-state index >= 15 is 0 Å². The lowest BCUT2D eigenvalue weighted by Crippen LogP contribution is -2.01. The van der Waals surface area contributed by atoms with Crippen LogP contribution in [0.1, 0.15) is 17.7 Å². The Morgan fingerprint density at radius 2 is 1.08 bits per heavy atom. The Bertz CT molecular complexity index is 3060. The molecule has 4 aromatic heterocycles. The fourth-order valence-electron chi connectivity index (χ4n) is 7.66. The molecule has 0 atom stereocenters. The van der Waals surface area contributed by atoms with Crippen LogP contribution in [-0.4, -0.2) is 29.9 Å². The summed E-state index contributed by atoms with van der Waals surface area (Å²) in [5.41, 5.74) is 19.3. The van der Waals surface area contributed by atoms with Crippen molar-refractivity contribution >= 4 is 27.9 Å². The molecule has 0 aliphatic heterocycles. The molecule has 0 spiro atoms. The standard InChI is InChI=1S/C52H37N7/c53-27-9-12-34-11-7-17-35-23-25-46(55-47(35)29-34)43-31-42(40-18-8-19-41(30-40)45-26-24-37-22-21-36-20-10-28-54-48(36)49(37)56-45)32-44(33-43)52-58-50(38-13-3-1-4-14-38)57-51(59-52)39-15-5-2-6-16-39/h1-10,12-28,30-33H,11,29,53H2/b27-9-,34-12-. The minimum Gasteiger partial charge on any atom is -0.405 e. The van der Waals surface area contributed by atoms with Crippen LogP contribution in [0, 0.1) is 0 Å². The summed E-state index contributed by atoms with van der Waals surface area (Å²) in [6.45, 7) is 0. The average molecular weight is 760 g/mol. The van der Waals surface area contributed by atoms with Gasteiger partial charge in [0.15, 0.2) is 17.5 Å². The van der Waals surface area contributed by atoms with Crippen LogP contribution in [0.15, 0.2) is 188 Å². The number of benzene rings is 5. The van der Waals surface area contributed by atoms with Gasteiger partial charge in [-0.2, -0.15) is 0 Å². The second-order valence-electron chi connectivity index (χ2n) is 14.6. The van der Waals surface area contributed by atoms with Gasteiger partial charge in [0.25, 0.3) is 0 Å². The highest BCUT2D eigenvalue weighted by Gasteiger charge is 2.17. The number of hydrogen-bond acceptors (Lipinski definition) is 7. The highest BCUT2D eigenvalue weighted by molar-refractivity contribution is 6.03. The van der Waals surface area contributed by atoms with Crippen molar-refractivity contribution in [1.82, 2.24) is 29.9 Å². The van der Waals surface area contributed by atoms with Crippen LogP contribution < -0.4 is 5.73 Å². The zero-order valence-corrected chi connectivity index (χ0v) is 32.1. The van der Waals surface area contributed by atoms with Gasteiger partial charge >= 0.3 is 0 Å². The molecule has 7 nitrogen and oxygen atoms in total. The van der Waals surface area contributed by atoms with Gasteiger partial charge in [-0.15, -0.1) is 0 Å². The van der Waals surface area contributed by atoms with Crippen LogP contribution in [-0.2, 0) is 6.42 Å². The molecule has 0 saturated carbocycles. The first kappa shape index (κ1) is 35.5. The number of allylic oxidation sites excluding steroid dienone is 4. The Balaban J connectivity index is 1.14. The van der Waals surface area contributed by atoms with E-state index in [1.807, 2.05) is 79.0 Å². The van der Waals surface area contributed by atoms with E-state index in [-0.39, 0.29) is 0 Å². The van der Waals surface area contributed by atoms with Crippen LogP contribution in [0.3, 0.4) is 0 Å². The fourth-order valence-corrected chi connectivity index (χ4v) is 7.66. The van der Waals surface area contributed by atoms with Gasteiger partial charge in [0.1, 0.15) is 0 Å². The van der Waals surface area contributed by atoms with Crippen molar-refractivity contribution < 1.29 is 0 Å². The lowest BCUT2D eigenvalue weighted by atomic mass is 9.95. The molecule has 2 N–H and O–H groups in total. The summed E-state index contributed by atoms with van der Waals surface area (Å²) in [7, 11) is 0. The van der Waals surface area contributed by atoms with E-state index in [9.17, 15) is 0 Å². The summed E-state index contributed by atoms with van der Waals surface area (Å²) in [6.07, 6.45) is 13.3. The maximum atomic E-state index is 5.69. The van der Waals surface area contributed by atoms with Gasteiger partial charge in [-0.3, -0.25) is 9.97 Å². The second-order valence-corrected chi connectivity index (χ2v) is 14.6. The smallest absolute Gasteiger partial charge is 0.164 e. The number of aromatic nitrogens is 6. The van der Waals surface area contributed by atoms with Crippen LogP contribution in [0.2, 0.25) is 0 Å². The van der Waals surface area contributed by atoms with Crippen LogP contribution >= 0.6 is 0 Å². The lowest BCUT2D eigenvalue weighted by molar-refractivity contribution is 1.02. The third kappa shape index (κ3) is 7.29. The first-order chi connectivity index (χ1) is 29.1. The lowest BCUT2D eigenvalue weighted by Gasteiger charge is -2.14. The maximum absolute atomic E-state index is 5.69. The molecule has 0 amide bonds. The SMILES string of the molecule is N/C=C\C=C1\CC=Cc2ccc(-c3cc(-c4cccc(-c5ccc6ccc7cccnc7c6n5)c4)cc(-c4nc(-c5ccccc5)nc(-c5ccccc5)n4)c3)nc2C1. The zero-order chi connectivity index (χ0) is 39.5. The second kappa shape index (κ2) is 15.6. The molecule has 0 bridgehead atoms. The van der Waals surface area contributed by atoms with E-state index in [2.05, 4.69) is 108 Å². The van der Waals surface area contributed by atoms with Crippen LogP contribution in [0.4, 0.5) is 0 Å². The molecule has 0 radical (unpaired) electrons. The normalized spacial score (nSPS) is 13.3. The summed E-state index contributed by atoms with van der Waals surface area (Å²) in [6, 6.07) is 51.9. The van der Waals surface area contributed by atoms with Gasteiger partial charge in [0, 0.05) is 51.2 Å². The molecule has 10 rings (SSSR count). The number of fused-ring (bicyclic) bond motifs is 4. The summed E-state index contributed by atoms with van der Waals surface area (Å²) < 4.78 is 0. The van der Waals surface area contributed by atoms with Crippen molar-refractivity contribution in [3.05, 3.63) is 199 Å². The van der Waals surface area contributed by atoms with Crippen molar-refractivity contribution in [3.63, 3.8) is 0 Å². The highest BCUT2D eigenvalue weighted by atomic mass is 15.0.